The topological polar surface area (TPSA) is 69.9 Å². The molecule has 1 fully saturated rings. The van der Waals surface area contributed by atoms with Gasteiger partial charge in [-0.15, -0.1) is 0 Å². The van der Waals surface area contributed by atoms with Gasteiger partial charge in [-0.2, -0.15) is 0 Å². The summed E-state index contributed by atoms with van der Waals surface area (Å²) in [4.78, 5) is 19.3. The van der Waals surface area contributed by atoms with Gasteiger partial charge in [-0.1, -0.05) is 24.3 Å². The van der Waals surface area contributed by atoms with Crippen molar-refractivity contribution >= 4 is 50.1 Å². The first-order valence-electron chi connectivity index (χ1n) is 9.58. The minimum Gasteiger partial charge on any atom is -0.389 e. The predicted octanol–water partition coefficient (Wildman–Crippen LogP) is 2.99. The number of rotatable bonds is 1. The molecule has 4 heterocycles. The molecule has 1 saturated heterocycles. The predicted molar refractivity (Wildman–Crippen MR) is 122 cm³/mol. The van der Waals surface area contributed by atoms with Crippen molar-refractivity contribution in [3.63, 3.8) is 0 Å². The molecule has 3 aromatic rings. The lowest BCUT2D eigenvalue weighted by Crippen LogP contribution is -2.65. The Bertz CT molecular complexity index is 1120. The van der Waals surface area contributed by atoms with Crippen LogP contribution in [0.2, 0.25) is 0 Å². The first-order valence-corrected chi connectivity index (χ1v) is 11.5. The average molecular weight is 567 g/mol. The lowest BCUT2D eigenvalue weighted by atomic mass is 9.76. The molecule has 8 heteroatoms. The van der Waals surface area contributed by atoms with Crippen LogP contribution in [0.5, 0.6) is 0 Å². The summed E-state index contributed by atoms with van der Waals surface area (Å²) in [6.07, 6.45) is 4.53. The number of fused-ring (bicyclic) bond motifs is 2. The quantitative estimate of drug-likeness (QED) is 0.444. The Labute approximate surface area is 190 Å². The van der Waals surface area contributed by atoms with Crippen LogP contribution < -0.4 is 5.32 Å². The molecule has 29 heavy (non-hydrogen) atoms. The smallest absolute Gasteiger partial charge is 0.274 e. The highest BCUT2D eigenvalue weighted by molar-refractivity contribution is 14.1. The van der Waals surface area contributed by atoms with E-state index in [0.29, 0.717) is 25.2 Å². The van der Waals surface area contributed by atoms with Crippen molar-refractivity contribution in [3.05, 3.63) is 67.6 Å². The van der Waals surface area contributed by atoms with Crippen LogP contribution in [0.3, 0.4) is 0 Å². The van der Waals surface area contributed by atoms with E-state index < -0.39 is 6.10 Å². The largest absolute Gasteiger partial charge is 0.389 e. The molecule has 0 saturated carbocycles. The zero-order valence-corrected chi connectivity index (χ0v) is 19.4. The van der Waals surface area contributed by atoms with Crippen molar-refractivity contribution in [2.45, 2.75) is 31.0 Å². The Hall–Kier alpha value is -1.49. The number of amides is 1. The molecule has 6 nitrogen and oxygen atoms in total. The number of piperidine rings is 1. The standard InChI is InChI=1S/C21H20BrIN4O2/c22-15-7-16(23)19-25-17(11-27(19)10-15)20(29)26-6-5-21(18(28)12-26)8-13-3-1-2-4-14(13)9-24-21/h1-4,7,10-11,18,24,28H,5-6,8-9,12H2/t18-,21+/m1/s1. The fourth-order valence-corrected chi connectivity index (χ4v) is 6.05. The van der Waals surface area contributed by atoms with E-state index in [2.05, 4.69) is 61.0 Å². The molecule has 1 aromatic carbocycles. The number of aliphatic hydroxyl groups is 1. The second-order valence-electron chi connectivity index (χ2n) is 7.84. The zero-order valence-electron chi connectivity index (χ0n) is 15.6. The number of benzene rings is 1. The molecule has 0 radical (unpaired) electrons. The molecule has 5 rings (SSSR count). The highest BCUT2D eigenvalue weighted by atomic mass is 127. The summed E-state index contributed by atoms with van der Waals surface area (Å²) >= 11 is 5.69. The van der Waals surface area contributed by atoms with Gasteiger partial charge in [0.25, 0.3) is 5.91 Å². The first kappa shape index (κ1) is 19.5. The summed E-state index contributed by atoms with van der Waals surface area (Å²) in [6.45, 7) is 1.66. The van der Waals surface area contributed by atoms with Gasteiger partial charge in [0.2, 0.25) is 0 Å². The molecule has 1 amide bonds. The third-order valence-electron chi connectivity index (χ3n) is 6.09. The highest BCUT2D eigenvalue weighted by Gasteiger charge is 2.45. The molecule has 0 aliphatic carbocycles. The Balaban J connectivity index is 1.36. The summed E-state index contributed by atoms with van der Waals surface area (Å²) < 4.78 is 3.77. The monoisotopic (exact) mass is 566 g/mol. The van der Waals surface area contributed by atoms with Crippen LogP contribution in [0.4, 0.5) is 0 Å². The van der Waals surface area contributed by atoms with Gasteiger partial charge < -0.3 is 19.7 Å². The number of carbonyl (C=O) groups is 1. The van der Waals surface area contributed by atoms with E-state index in [1.807, 2.05) is 28.8 Å². The first-order chi connectivity index (χ1) is 13.9. The second-order valence-corrected chi connectivity index (χ2v) is 9.91. The molecule has 1 spiro atoms. The maximum Gasteiger partial charge on any atom is 0.274 e. The van der Waals surface area contributed by atoms with Gasteiger partial charge in [0.15, 0.2) is 5.65 Å². The number of nitrogens with one attached hydrogen (secondary N) is 1. The van der Waals surface area contributed by atoms with Crippen LogP contribution in [0.1, 0.15) is 28.0 Å². The number of hydrogen-bond acceptors (Lipinski definition) is 4. The van der Waals surface area contributed by atoms with Gasteiger partial charge in [-0.05, 0) is 68.6 Å². The van der Waals surface area contributed by atoms with Crippen LogP contribution in [-0.2, 0) is 13.0 Å². The van der Waals surface area contributed by atoms with Crippen molar-refractivity contribution in [1.82, 2.24) is 19.6 Å². The lowest BCUT2D eigenvalue weighted by molar-refractivity contribution is -0.0140. The molecule has 2 N–H and O–H groups in total. The summed E-state index contributed by atoms with van der Waals surface area (Å²) in [6, 6.07) is 10.3. The van der Waals surface area contributed by atoms with Crippen LogP contribution >= 0.6 is 38.5 Å². The average Bonchev–Trinajstić information content (AvgIpc) is 3.14. The number of aromatic nitrogens is 2. The normalized spacial score (nSPS) is 24.1. The van der Waals surface area contributed by atoms with E-state index in [9.17, 15) is 9.90 Å². The van der Waals surface area contributed by atoms with Crippen LogP contribution in [0.25, 0.3) is 5.65 Å². The number of hydrogen-bond donors (Lipinski definition) is 2. The lowest BCUT2D eigenvalue weighted by Gasteiger charge is -2.48. The number of aliphatic hydroxyl groups excluding tert-OH is 1. The van der Waals surface area contributed by atoms with Crippen LogP contribution in [0, 0.1) is 3.57 Å². The molecular weight excluding hydrogens is 547 g/mol. The van der Waals surface area contributed by atoms with Gasteiger partial charge in [0.1, 0.15) is 5.69 Å². The third-order valence-corrected chi connectivity index (χ3v) is 7.32. The summed E-state index contributed by atoms with van der Waals surface area (Å²) in [5.41, 5.74) is 3.37. The van der Waals surface area contributed by atoms with Crippen molar-refractivity contribution in [2.75, 3.05) is 13.1 Å². The van der Waals surface area contributed by atoms with Gasteiger partial charge in [-0.3, -0.25) is 4.79 Å². The minimum atomic E-state index is -0.625. The van der Waals surface area contributed by atoms with Crippen molar-refractivity contribution in [3.8, 4) is 0 Å². The molecule has 2 aliphatic rings. The van der Waals surface area contributed by atoms with Crippen molar-refractivity contribution in [2.24, 2.45) is 0 Å². The molecule has 150 valence electrons. The number of β-amino-alcohol motifs (C(OH)–C–C–N with tert-alkyl or cyclic N) is 1. The van der Waals surface area contributed by atoms with E-state index in [0.717, 1.165) is 26.7 Å². The molecule has 2 aromatic heterocycles. The fourth-order valence-electron chi connectivity index (χ4n) is 4.44. The summed E-state index contributed by atoms with van der Waals surface area (Å²) in [5, 5.41) is 14.6. The van der Waals surface area contributed by atoms with Crippen LogP contribution in [0.15, 0.2) is 47.2 Å². The van der Waals surface area contributed by atoms with E-state index in [1.165, 1.54) is 11.1 Å². The third kappa shape index (κ3) is 3.39. The van der Waals surface area contributed by atoms with E-state index in [4.69, 9.17) is 0 Å². The number of carbonyl (C=O) groups excluding carboxylic acids is 1. The van der Waals surface area contributed by atoms with E-state index in [1.54, 1.807) is 11.1 Å². The van der Waals surface area contributed by atoms with E-state index in [-0.39, 0.29) is 11.4 Å². The fraction of sp³-hybridized carbons (Fsp3) is 0.333. The van der Waals surface area contributed by atoms with Gasteiger partial charge in [0, 0.05) is 36.5 Å². The van der Waals surface area contributed by atoms with Gasteiger partial charge in [0.05, 0.1) is 15.2 Å². The molecule has 0 bridgehead atoms. The maximum absolute atomic E-state index is 13.1. The van der Waals surface area contributed by atoms with Crippen LogP contribution in [-0.4, -0.2) is 50.0 Å². The zero-order chi connectivity index (χ0) is 20.2. The Morgan fingerprint density at radius 1 is 1.31 bits per heavy atom. The summed E-state index contributed by atoms with van der Waals surface area (Å²) in [5.74, 6) is -0.134. The highest BCUT2D eigenvalue weighted by Crippen LogP contribution is 2.32. The minimum absolute atomic E-state index is 0.134. The number of imidazole rings is 1. The Morgan fingerprint density at radius 3 is 2.90 bits per heavy atom. The Morgan fingerprint density at radius 2 is 2.10 bits per heavy atom. The van der Waals surface area contributed by atoms with Gasteiger partial charge in [-0.25, -0.2) is 4.98 Å². The SMILES string of the molecule is O=C(c1cn2cc(Br)cc(I)c2n1)N1CC[C@]2(Cc3ccccc3CN2)[C@H](O)C1. The van der Waals surface area contributed by atoms with Crippen molar-refractivity contribution < 1.29 is 9.90 Å². The van der Waals surface area contributed by atoms with Crippen molar-refractivity contribution in [1.29, 1.82) is 0 Å². The molecule has 2 atom stereocenters. The Kier molecular flexibility index (Phi) is 4.92. The number of likely N-dealkylation sites (tertiary alicyclic amines) is 1. The number of nitrogens with zero attached hydrogens (tertiary/aromatic N) is 3. The second kappa shape index (κ2) is 7.33. The van der Waals surface area contributed by atoms with E-state index >= 15 is 0 Å². The van der Waals surface area contributed by atoms with Gasteiger partial charge >= 0.3 is 0 Å². The number of pyridine rings is 1. The molecule has 0 unspecified atom stereocenters. The molecular formula is C21H20BrIN4O2. The number of halogens is 2. The summed E-state index contributed by atoms with van der Waals surface area (Å²) in [7, 11) is 0. The maximum atomic E-state index is 13.1. The molecule has 2 aliphatic heterocycles.